The first kappa shape index (κ1) is 27.2. The van der Waals surface area contributed by atoms with Crippen molar-refractivity contribution in [3.8, 4) is 0 Å². The molecule has 2 heterocycles. The van der Waals surface area contributed by atoms with Gasteiger partial charge in [0.25, 0.3) is 0 Å². The fourth-order valence-electron chi connectivity index (χ4n) is 4.30. The first-order valence-corrected chi connectivity index (χ1v) is 12.6. The van der Waals surface area contributed by atoms with Crippen molar-refractivity contribution >= 4 is 23.4 Å². The van der Waals surface area contributed by atoms with Crippen molar-refractivity contribution in [2.75, 3.05) is 17.2 Å². The summed E-state index contributed by atoms with van der Waals surface area (Å²) in [6, 6.07) is 27.2. The van der Waals surface area contributed by atoms with Gasteiger partial charge in [-0.15, -0.1) is 0 Å². The number of nitrogens with zero attached hydrogens (tertiary/aromatic N) is 2. The van der Waals surface area contributed by atoms with Crippen LogP contribution in [0.3, 0.4) is 0 Å². The van der Waals surface area contributed by atoms with E-state index in [0.29, 0.717) is 22.8 Å². The standard InChI is InChI=1S/C31H30N4O4/c1-2-39-28(37)19-18-27(36)34-24-15-7-6-14-23(24)30(35-26-17-9-11-21-33-26)29(25-16-8-10-20-32-25)31(38)22-12-4-3-5-13-22/h3-21,29-31,38H,2H2,1H3,(H,33,35)(H,34,36)/b19-18+/t29-,30+,31+/m0/s1. The van der Waals surface area contributed by atoms with E-state index in [1.165, 1.54) is 0 Å². The van der Waals surface area contributed by atoms with Crippen molar-refractivity contribution in [3.05, 3.63) is 132 Å². The van der Waals surface area contributed by atoms with Gasteiger partial charge >= 0.3 is 5.97 Å². The smallest absolute Gasteiger partial charge is 0.330 e. The van der Waals surface area contributed by atoms with Crippen molar-refractivity contribution < 1.29 is 19.4 Å². The molecule has 0 spiro atoms. The summed E-state index contributed by atoms with van der Waals surface area (Å²) in [5.41, 5.74) is 2.59. The summed E-state index contributed by atoms with van der Waals surface area (Å²) in [7, 11) is 0. The summed E-state index contributed by atoms with van der Waals surface area (Å²) in [5.74, 6) is -1.09. The van der Waals surface area contributed by atoms with Crippen LogP contribution in [0.2, 0.25) is 0 Å². The summed E-state index contributed by atoms with van der Waals surface area (Å²) in [5, 5.41) is 18.1. The van der Waals surface area contributed by atoms with Crippen molar-refractivity contribution in [1.29, 1.82) is 0 Å². The third kappa shape index (κ3) is 7.37. The number of anilines is 2. The van der Waals surface area contributed by atoms with Gasteiger partial charge in [-0.25, -0.2) is 9.78 Å². The number of esters is 1. The Kier molecular flexibility index (Phi) is 9.52. The van der Waals surface area contributed by atoms with Gasteiger partial charge in [-0.05, 0) is 48.4 Å². The van der Waals surface area contributed by atoms with E-state index in [2.05, 4.69) is 20.6 Å². The molecule has 198 valence electrons. The zero-order chi connectivity index (χ0) is 27.5. The van der Waals surface area contributed by atoms with Gasteiger partial charge in [-0.3, -0.25) is 9.78 Å². The predicted octanol–water partition coefficient (Wildman–Crippen LogP) is 5.21. The van der Waals surface area contributed by atoms with Gasteiger partial charge < -0.3 is 20.5 Å². The van der Waals surface area contributed by atoms with Crippen LogP contribution in [0.1, 0.15) is 41.8 Å². The fourth-order valence-corrected chi connectivity index (χ4v) is 4.30. The molecule has 3 N–H and O–H groups in total. The second-order valence-corrected chi connectivity index (χ2v) is 8.63. The van der Waals surface area contributed by atoms with E-state index in [4.69, 9.17) is 4.74 Å². The van der Waals surface area contributed by atoms with Crippen molar-refractivity contribution in [2.45, 2.75) is 25.0 Å². The summed E-state index contributed by atoms with van der Waals surface area (Å²) in [6.07, 6.45) is 4.63. The molecule has 0 radical (unpaired) electrons. The number of aliphatic hydroxyl groups excluding tert-OH is 1. The Labute approximate surface area is 227 Å². The van der Waals surface area contributed by atoms with Gasteiger partial charge in [-0.2, -0.15) is 0 Å². The molecule has 0 aliphatic rings. The Morgan fingerprint density at radius 1 is 0.872 bits per heavy atom. The van der Waals surface area contributed by atoms with E-state index in [0.717, 1.165) is 17.7 Å². The molecule has 0 bridgehead atoms. The molecule has 3 atom stereocenters. The number of ether oxygens (including phenoxy) is 1. The molecule has 0 aliphatic carbocycles. The molecule has 4 rings (SSSR count). The number of aromatic nitrogens is 2. The van der Waals surface area contributed by atoms with Crippen molar-refractivity contribution in [2.24, 2.45) is 0 Å². The average molecular weight is 523 g/mol. The van der Waals surface area contributed by atoms with Gasteiger partial charge in [0, 0.05) is 35.9 Å². The third-order valence-corrected chi connectivity index (χ3v) is 6.05. The molecule has 8 heteroatoms. The highest BCUT2D eigenvalue weighted by Crippen LogP contribution is 2.43. The Balaban J connectivity index is 1.79. The van der Waals surface area contributed by atoms with E-state index in [1.54, 1.807) is 31.5 Å². The Morgan fingerprint density at radius 2 is 1.56 bits per heavy atom. The van der Waals surface area contributed by atoms with Crippen LogP contribution in [-0.4, -0.2) is 33.6 Å². The molecule has 0 fully saturated rings. The lowest BCUT2D eigenvalue weighted by atomic mass is 9.82. The fraction of sp³-hybridized carbons (Fsp3) is 0.161. The second kappa shape index (κ2) is 13.6. The summed E-state index contributed by atoms with van der Waals surface area (Å²) in [4.78, 5) is 33.5. The molecule has 2 aromatic carbocycles. The van der Waals surface area contributed by atoms with E-state index < -0.39 is 29.9 Å². The number of hydrogen-bond acceptors (Lipinski definition) is 7. The normalized spacial score (nSPS) is 13.3. The molecular formula is C31H30N4O4. The lowest BCUT2D eigenvalue weighted by molar-refractivity contribution is -0.137. The number of hydrogen-bond donors (Lipinski definition) is 3. The van der Waals surface area contributed by atoms with Gasteiger partial charge in [-0.1, -0.05) is 60.7 Å². The first-order chi connectivity index (χ1) is 19.1. The number of benzene rings is 2. The lowest BCUT2D eigenvalue weighted by Gasteiger charge is -2.33. The van der Waals surface area contributed by atoms with Crippen LogP contribution in [0.4, 0.5) is 11.5 Å². The van der Waals surface area contributed by atoms with E-state index in [-0.39, 0.29) is 6.61 Å². The minimum Gasteiger partial charge on any atom is -0.463 e. The van der Waals surface area contributed by atoms with Gasteiger partial charge in [0.05, 0.1) is 24.7 Å². The maximum Gasteiger partial charge on any atom is 0.330 e. The highest BCUT2D eigenvalue weighted by molar-refractivity contribution is 6.03. The molecule has 0 unspecified atom stereocenters. The maximum absolute atomic E-state index is 12.7. The maximum atomic E-state index is 12.7. The molecule has 0 saturated carbocycles. The van der Waals surface area contributed by atoms with E-state index >= 15 is 0 Å². The minimum atomic E-state index is -0.949. The molecular weight excluding hydrogens is 492 g/mol. The lowest BCUT2D eigenvalue weighted by Crippen LogP contribution is -2.27. The van der Waals surface area contributed by atoms with Crippen LogP contribution in [0.5, 0.6) is 0 Å². The monoisotopic (exact) mass is 522 g/mol. The molecule has 2 aromatic heterocycles. The molecule has 1 amide bonds. The number of nitrogens with one attached hydrogen (secondary N) is 2. The molecule has 0 saturated heterocycles. The molecule has 8 nitrogen and oxygen atoms in total. The SMILES string of the molecule is CCOC(=O)/C=C/C(=O)Nc1ccccc1[C@@H](Nc1ccccn1)[C@H](c1ccccn1)[C@H](O)c1ccccc1. The van der Waals surface area contributed by atoms with E-state index in [1.807, 2.05) is 78.9 Å². The third-order valence-electron chi connectivity index (χ3n) is 6.05. The topological polar surface area (TPSA) is 113 Å². The largest absolute Gasteiger partial charge is 0.463 e. The number of pyridine rings is 2. The highest BCUT2D eigenvalue weighted by Gasteiger charge is 2.35. The van der Waals surface area contributed by atoms with Crippen molar-refractivity contribution in [3.63, 3.8) is 0 Å². The van der Waals surface area contributed by atoms with E-state index in [9.17, 15) is 14.7 Å². The van der Waals surface area contributed by atoms with Crippen molar-refractivity contribution in [1.82, 2.24) is 9.97 Å². The first-order valence-electron chi connectivity index (χ1n) is 12.6. The van der Waals surface area contributed by atoms with Crippen LogP contribution in [0.25, 0.3) is 0 Å². The number of carbonyl (C=O) groups is 2. The minimum absolute atomic E-state index is 0.215. The second-order valence-electron chi connectivity index (χ2n) is 8.63. The van der Waals surface area contributed by atoms with Gasteiger partial charge in [0.1, 0.15) is 5.82 Å². The van der Waals surface area contributed by atoms with Crippen LogP contribution < -0.4 is 10.6 Å². The average Bonchev–Trinajstić information content (AvgIpc) is 2.98. The zero-order valence-corrected chi connectivity index (χ0v) is 21.5. The Morgan fingerprint density at radius 3 is 2.26 bits per heavy atom. The predicted molar refractivity (Wildman–Crippen MR) is 150 cm³/mol. The number of carbonyl (C=O) groups excluding carboxylic acids is 2. The van der Waals surface area contributed by atoms with Crippen LogP contribution in [0.15, 0.2) is 116 Å². The van der Waals surface area contributed by atoms with Gasteiger partial charge in [0.15, 0.2) is 0 Å². The molecule has 39 heavy (non-hydrogen) atoms. The summed E-state index contributed by atoms with van der Waals surface area (Å²) in [6.45, 7) is 1.91. The van der Waals surface area contributed by atoms with Crippen LogP contribution in [0, 0.1) is 0 Å². The number of rotatable bonds is 11. The number of para-hydroxylation sites is 1. The zero-order valence-electron chi connectivity index (χ0n) is 21.5. The van der Waals surface area contributed by atoms with Crippen LogP contribution >= 0.6 is 0 Å². The van der Waals surface area contributed by atoms with Gasteiger partial charge in [0.2, 0.25) is 5.91 Å². The summed E-state index contributed by atoms with van der Waals surface area (Å²) < 4.78 is 4.86. The highest BCUT2D eigenvalue weighted by atomic mass is 16.5. The molecule has 4 aromatic rings. The Hall–Kier alpha value is -4.82. The summed E-state index contributed by atoms with van der Waals surface area (Å²) >= 11 is 0. The quantitative estimate of drug-likeness (QED) is 0.183. The van der Waals surface area contributed by atoms with Crippen LogP contribution in [-0.2, 0) is 14.3 Å². The Bertz CT molecular complexity index is 1380. The molecule has 0 aliphatic heterocycles. The number of amides is 1. The number of aliphatic hydroxyl groups is 1.